The third kappa shape index (κ3) is 3.96. The number of fused-ring (bicyclic) bond motifs is 8. The lowest BCUT2D eigenvalue weighted by atomic mass is 9.87. The molecule has 7 nitrogen and oxygen atoms in total. The van der Waals surface area contributed by atoms with E-state index in [4.69, 9.17) is 14.7 Å². The standard InChI is InChI=1S/C27H28Br2N4O3/c1-12-21(28)15-8-18-26(2,3)10-13(30-18)7-14-20(25(34)35)22(29)16(31-14)9-19-27(4,5)11-17(32-19)24(36-6)23(12)33-15/h7-9,31,33H,10-11H2,1-6H3,(H,34,35). The number of nitrogens with zero attached hydrogens (tertiary/aromatic N) is 2. The Kier molecular flexibility index (Phi) is 5.87. The van der Waals surface area contributed by atoms with Crippen molar-refractivity contribution < 1.29 is 14.6 Å². The maximum Gasteiger partial charge on any atom is 0.339 e. The van der Waals surface area contributed by atoms with E-state index in [1.54, 1.807) is 7.11 Å². The molecule has 188 valence electrons. The summed E-state index contributed by atoms with van der Waals surface area (Å²) in [5.74, 6) is -0.314. The number of rotatable bonds is 2. The third-order valence-corrected chi connectivity index (χ3v) is 8.96. The van der Waals surface area contributed by atoms with Crippen LogP contribution in [0.25, 0.3) is 22.1 Å². The zero-order valence-electron chi connectivity index (χ0n) is 21.1. The van der Waals surface area contributed by atoms with E-state index in [1.165, 1.54) is 0 Å². The quantitative estimate of drug-likeness (QED) is 0.291. The van der Waals surface area contributed by atoms with Crippen LogP contribution in [0, 0.1) is 6.92 Å². The van der Waals surface area contributed by atoms with Crippen LogP contribution in [-0.2, 0) is 23.7 Å². The fourth-order valence-corrected chi connectivity index (χ4v) is 6.07. The Morgan fingerprint density at radius 1 is 0.944 bits per heavy atom. The van der Waals surface area contributed by atoms with Crippen LogP contribution in [0.2, 0.25) is 0 Å². The van der Waals surface area contributed by atoms with Crippen LogP contribution >= 0.6 is 31.9 Å². The summed E-state index contributed by atoms with van der Waals surface area (Å²) < 4.78 is 7.36. The van der Waals surface area contributed by atoms with Crippen LogP contribution in [0.4, 0.5) is 0 Å². The van der Waals surface area contributed by atoms with Gasteiger partial charge >= 0.3 is 5.97 Å². The Labute approximate surface area is 226 Å². The third-order valence-electron chi connectivity index (χ3n) is 7.11. The zero-order chi connectivity index (χ0) is 26.2. The highest BCUT2D eigenvalue weighted by Gasteiger charge is 2.32. The molecule has 5 heterocycles. The average molecular weight is 616 g/mol. The maximum atomic E-state index is 12.2. The van der Waals surface area contributed by atoms with Gasteiger partial charge in [0.2, 0.25) is 0 Å². The number of aromatic amines is 2. The van der Waals surface area contributed by atoms with Crippen molar-refractivity contribution in [2.45, 2.75) is 58.3 Å². The molecule has 0 atom stereocenters. The summed E-state index contributed by atoms with van der Waals surface area (Å²) in [5.41, 5.74) is 7.08. The Morgan fingerprint density at radius 3 is 2.19 bits per heavy atom. The van der Waals surface area contributed by atoms with Gasteiger partial charge in [-0.05, 0) is 62.5 Å². The Balaban J connectivity index is 2.01. The molecule has 8 bridgehead atoms. The van der Waals surface area contributed by atoms with Gasteiger partial charge in [0.05, 0.1) is 44.9 Å². The molecule has 0 saturated heterocycles. The summed E-state index contributed by atoms with van der Waals surface area (Å²) in [6, 6.07) is 5.82. The number of hydrogen-bond donors (Lipinski definition) is 3. The van der Waals surface area contributed by atoms with Crippen molar-refractivity contribution in [2.24, 2.45) is 0 Å². The first-order valence-electron chi connectivity index (χ1n) is 11.7. The molecule has 0 aromatic carbocycles. The van der Waals surface area contributed by atoms with Crippen molar-refractivity contribution in [3.63, 3.8) is 0 Å². The lowest BCUT2D eigenvalue weighted by Crippen LogP contribution is -2.15. The molecule has 5 rings (SSSR count). The van der Waals surface area contributed by atoms with Crippen LogP contribution in [-0.4, -0.2) is 38.1 Å². The van der Waals surface area contributed by atoms with Gasteiger partial charge in [0.25, 0.3) is 0 Å². The van der Waals surface area contributed by atoms with Crippen molar-refractivity contribution in [3.05, 3.63) is 61.0 Å². The van der Waals surface area contributed by atoms with Gasteiger partial charge in [-0.25, -0.2) is 4.79 Å². The molecule has 0 spiro atoms. The van der Waals surface area contributed by atoms with Gasteiger partial charge in [-0.1, -0.05) is 27.7 Å². The largest absolute Gasteiger partial charge is 0.493 e. The molecule has 0 fully saturated rings. The predicted molar refractivity (Wildman–Crippen MR) is 148 cm³/mol. The number of hydrogen-bond acceptors (Lipinski definition) is 4. The number of aryl methyl sites for hydroxylation is 1. The number of aromatic carboxylic acids is 1. The van der Waals surface area contributed by atoms with Gasteiger partial charge in [-0.15, -0.1) is 0 Å². The van der Waals surface area contributed by atoms with Gasteiger partial charge < -0.3 is 19.8 Å². The van der Waals surface area contributed by atoms with Crippen molar-refractivity contribution in [2.75, 3.05) is 7.11 Å². The van der Waals surface area contributed by atoms with E-state index in [9.17, 15) is 9.90 Å². The van der Waals surface area contributed by atoms with E-state index >= 15 is 0 Å². The molecule has 3 aromatic rings. The molecule has 0 radical (unpaired) electrons. The molecule has 0 unspecified atom stereocenters. The normalized spacial score (nSPS) is 16.2. The van der Waals surface area contributed by atoms with Crippen molar-refractivity contribution in [3.8, 4) is 5.75 Å². The van der Waals surface area contributed by atoms with E-state index in [-0.39, 0.29) is 16.4 Å². The van der Waals surface area contributed by atoms with Crippen LogP contribution in [0.15, 0.2) is 27.1 Å². The minimum Gasteiger partial charge on any atom is -0.493 e. The second-order valence-corrected chi connectivity index (χ2v) is 12.4. The van der Waals surface area contributed by atoms with Gasteiger partial charge in [0.1, 0.15) is 0 Å². The summed E-state index contributed by atoms with van der Waals surface area (Å²) in [4.78, 5) is 29.0. The van der Waals surface area contributed by atoms with Crippen molar-refractivity contribution >= 4 is 59.9 Å². The Bertz CT molecular complexity index is 1600. The van der Waals surface area contributed by atoms with Crippen LogP contribution in [0.3, 0.4) is 0 Å². The van der Waals surface area contributed by atoms with Crippen LogP contribution in [0.1, 0.15) is 66.4 Å². The molecule has 3 N–H and O–H groups in total. The number of carboxylic acid groups (broad SMARTS) is 1. The smallest absolute Gasteiger partial charge is 0.339 e. The highest BCUT2D eigenvalue weighted by molar-refractivity contribution is 9.11. The number of carboxylic acids is 1. The first-order valence-corrected chi connectivity index (χ1v) is 13.3. The number of aromatic nitrogens is 4. The summed E-state index contributed by atoms with van der Waals surface area (Å²) in [6.45, 7) is 10.6. The Morgan fingerprint density at radius 2 is 1.56 bits per heavy atom. The molecular formula is C27H28Br2N4O3. The van der Waals surface area contributed by atoms with E-state index in [0.29, 0.717) is 34.1 Å². The number of carbonyl (C=O) groups is 1. The lowest BCUT2D eigenvalue weighted by molar-refractivity contribution is 0.0698. The number of methoxy groups -OCH3 is 1. The minimum absolute atomic E-state index is 0.181. The van der Waals surface area contributed by atoms with Crippen LogP contribution < -0.4 is 4.74 Å². The molecule has 0 amide bonds. The minimum atomic E-state index is -1.01. The van der Waals surface area contributed by atoms with E-state index < -0.39 is 5.97 Å². The second-order valence-electron chi connectivity index (χ2n) is 10.8. The first kappa shape index (κ1) is 25.0. The maximum absolute atomic E-state index is 12.2. The summed E-state index contributed by atoms with van der Waals surface area (Å²) >= 11 is 7.30. The van der Waals surface area contributed by atoms with E-state index in [0.717, 1.165) is 43.8 Å². The molecule has 36 heavy (non-hydrogen) atoms. The first-order chi connectivity index (χ1) is 16.8. The molecule has 0 aliphatic carbocycles. The summed E-state index contributed by atoms with van der Waals surface area (Å²) in [5, 5.41) is 10.0. The molecule has 0 saturated carbocycles. The molecular weight excluding hydrogens is 588 g/mol. The number of nitrogens with one attached hydrogen (secondary N) is 2. The van der Waals surface area contributed by atoms with Gasteiger partial charge in [-0.2, -0.15) is 0 Å². The highest BCUT2D eigenvalue weighted by atomic mass is 79.9. The molecule has 3 aromatic heterocycles. The fraction of sp³-hybridized carbons (Fsp3) is 0.370. The van der Waals surface area contributed by atoms with E-state index in [2.05, 4.69) is 82.5 Å². The van der Waals surface area contributed by atoms with Crippen molar-refractivity contribution in [1.29, 1.82) is 0 Å². The fourth-order valence-electron chi connectivity index (χ4n) is 5.06. The molecule has 2 aliphatic heterocycles. The van der Waals surface area contributed by atoms with Crippen LogP contribution in [0.5, 0.6) is 5.75 Å². The molecule has 2 aliphatic rings. The number of ether oxygens (including phenoxy) is 1. The monoisotopic (exact) mass is 614 g/mol. The van der Waals surface area contributed by atoms with Crippen molar-refractivity contribution in [1.82, 2.24) is 19.9 Å². The van der Waals surface area contributed by atoms with Gasteiger partial charge in [-0.3, -0.25) is 9.97 Å². The predicted octanol–water partition coefficient (Wildman–Crippen LogP) is 6.90. The summed E-state index contributed by atoms with van der Waals surface area (Å²) in [6.07, 6.45) is 1.36. The second kappa shape index (κ2) is 8.45. The summed E-state index contributed by atoms with van der Waals surface area (Å²) in [7, 11) is 1.66. The number of H-pyrrole nitrogens is 2. The Hall–Kier alpha value is -2.65. The van der Waals surface area contributed by atoms with E-state index in [1.807, 2.05) is 12.1 Å². The topological polar surface area (TPSA) is 104 Å². The SMILES string of the molecule is COc1c2nc(cc3[nH]c(cc4nc(cc5[nH]c1c(C)c5Br)C(C)(C)C4)c(C(=O)O)c3Br)C(C)(C)C2. The zero-order valence-corrected chi connectivity index (χ0v) is 24.2. The highest BCUT2D eigenvalue weighted by Crippen LogP contribution is 2.40. The van der Waals surface area contributed by atoms with Gasteiger partial charge in [0.15, 0.2) is 5.75 Å². The number of halogens is 2. The molecule has 9 heteroatoms. The average Bonchev–Trinajstić information content (AvgIpc) is 3.42. The lowest BCUT2D eigenvalue weighted by Gasteiger charge is -2.16. The van der Waals surface area contributed by atoms with Gasteiger partial charge in [0, 0.05) is 45.2 Å².